The second-order valence-corrected chi connectivity index (χ2v) is 9.63. The number of hydrogen-bond acceptors (Lipinski definition) is 4. The zero-order valence-electron chi connectivity index (χ0n) is 20.1. The monoisotopic (exact) mass is 474 g/mol. The van der Waals surface area contributed by atoms with Crippen molar-refractivity contribution in [2.45, 2.75) is 58.7 Å². The summed E-state index contributed by atoms with van der Waals surface area (Å²) >= 11 is 0. The standard InChI is InChI=1S/C24H32F2N6O2/c1-5-6-9-30-10-11-31(15(2)13-30)23(34)32-14-18-20(24(32,3)4)28-29-21(18)27-22(33)17-8-7-16(25)12-19(17)26/h7-8,12,15H,5-6,9-11,13-14H2,1-4H3,(H2,27,28,29,33)/t15-/m0/s1. The number of fused-ring (bicyclic) bond motifs is 1. The molecule has 0 saturated carbocycles. The normalized spacial score (nSPS) is 19.9. The van der Waals surface area contributed by atoms with E-state index in [-0.39, 0.29) is 30.0 Å². The second-order valence-electron chi connectivity index (χ2n) is 9.63. The third kappa shape index (κ3) is 4.38. The van der Waals surface area contributed by atoms with Crippen molar-refractivity contribution in [2.75, 3.05) is 31.5 Å². The van der Waals surface area contributed by atoms with Crippen LogP contribution in [-0.2, 0) is 12.1 Å². The number of benzene rings is 1. The van der Waals surface area contributed by atoms with Crippen molar-refractivity contribution < 1.29 is 18.4 Å². The van der Waals surface area contributed by atoms with E-state index in [1.807, 2.05) is 18.7 Å². The fourth-order valence-corrected chi connectivity index (χ4v) is 4.83. The van der Waals surface area contributed by atoms with Crippen molar-refractivity contribution in [3.8, 4) is 0 Å². The Bertz CT molecular complexity index is 1090. The van der Waals surface area contributed by atoms with Crippen molar-refractivity contribution in [1.82, 2.24) is 24.9 Å². The molecule has 0 bridgehead atoms. The molecule has 1 fully saturated rings. The highest BCUT2D eigenvalue weighted by Crippen LogP contribution is 2.41. The molecule has 2 N–H and O–H groups in total. The maximum atomic E-state index is 14.0. The van der Waals surface area contributed by atoms with Crippen LogP contribution in [0.4, 0.5) is 19.4 Å². The lowest BCUT2D eigenvalue weighted by molar-refractivity contribution is 0.0586. The summed E-state index contributed by atoms with van der Waals surface area (Å²) in [5, 5.41) is 9.75. The number of unbranched alkanes of at least 4 members (excludes halogenated alkanes) is 1. The lowest BCUT2D eigenvalue weighted by atomic mass is 10.0. The number of urea groups is 1. The number of nitrogens with one attached hydrogen (secondary N) is 2. The number of carbonyl (C=O) groups excluding carboxylic acids is 2. The Morgan fingerprint density at radius 3 is 2.71 bits per heavy atom. The lowest BCUT2D eigenvalue weighted by Gasteiger charge is -2.44. The molecule has 0 aliphatic carbocycles. The average Bonchev–Trinajstić information content (AvgIpc) is 3.29. The quantitative estimate of drug-likeness (QED) is 0.688. The van der Waals surface area contributed by atoms with Gasteiger partial charge in [0.2, 0.25) is 0 Å². The summed E-state index contributed by atoms with van der Waals surface area (Å²) in [5.41, 5.74) is 0.467. The fourth-order valence-electron chi connectivity index (χ4n) is 4.83. The fraction of sp³-hybridized carbons (Fsp3) is 0.542. The van der Waals surface area contributed by atoms with Crippen molar-refractivity contribution >= 4 is 17.8 Å². The van der Waals surface area contributed by atoms with Crippen LogP contribution < -0.4 is 5.32 Å². The van der Waals surface area contributed by atoms with Gasteiger partial charge in [0.25, 0.3) is 5.91 Å². The molecular formula is C24H32F2N6O2. The first-order valence-electron chi connectivity index (χ1n) is 11.8. The highest BCUT2D eigenvalue weighted by Gasteiger charge is 2.46. The number of piperazine rings is 1. The third-order valence-corrected chi connectivity index (χ3v) is 6.89. The predicted molar refractivity (Wildman–Crippen MR) is 124 cm³/mol. The Labute approximate surface area is 198 Å². The summed E-state index contributed by atoms with van der Waals surface area (Å²) in [4.78, 5) is 32.3. The van der Waals surface area contributed by atoms with Crippen molar-refractivity contribution in [1.29, 1.82) is 0 Å². The molecule has 2 aromatic rings. The molecule has 2 aliphatic heterocycles. The molecule has 1 aromatic heterocycles. The molecule has 0 radical (unpaired) electrons. The predicted octanol–water partition coefficient (Wildman–Crippen LogP) is 3.92. The van der Waals surface area contributed by atoms with Gasteiger partial charge in [-0.05, 0) is 45.9 Å². The van der Waals surface area contributed by atoms with Crippen molar-refractivity contribution in [2.24, 2.45) is 0 Å². The molecule has 8 nitrogen and oxygen atoms in total. The topological polar surface area (TPSA) is 84.6 Å². The van der Waals surface area contributed by atoms with E-state index in [9.17, 15) is 18.4 Å². The minimum absolute atomic E-state index is 0.0564. The molecule has 3 heterocycles. The highest BCUT2D eigenvalue weighted by atomic mass is 19.1. The number of aromatic nitrogens is 2. The molecule has 2 aliphatic rings. The number of hydrogen-bond donors (Lipinski definition) is 2. The lowest BCUT2D eigenvalue weighted by Crippen LogP contribution is -2.58. The van der Waals surface area contributed by atoms with E-state index in [0.717, 1.165) is 50.3 Å². The molecule has 0 spiro atoms. The van der Waals surface area contributed by atoms with Crippen LogP contribution in [0.15, 0.2) is 18.2 Å². The Morgan fingerprint density at radius 1 is 1.26 bits per heavy atom. The first-order valence-corrected chi connectivity index (χ1v) is 11.8. The Hall–Kier alpha value is -3.01. The number of amides is 3. The van der Waals surface area contributed by atoms with Crippen LogP contribution in [0.5, 0.6) is 0 Å². The van der Waals surface area contributed by atoms with Gasteiger partial charge in [0.15, 0.2) is 5.82 Å². The zero-order valence-corrected chi connectivity index (χ0v) is 20.1. The molecule has 1 atom stereocenters. The summed E-state index contributed by atoms with van der Waals surface area (Å²) < 4.78 is 27.2. The van der Waals surface area contributed by atoms with Gasteiger partial charge in [-0.2, -0.15) is 5.10 Å². The van der Waals surface area contributed by atoms with Crippen LogP contribution in [0.1, 0.15) is 62.2 Å². The van der Waals surface area contributed by atoms with Gasteiger partial charge >= 0.3 is 6.03 Å². The molecule has 34 heavy (non-hydrogen) atoms. The van der Waals surface area contributed by atoms with Gasteiger partial charge in [0, 0.05) is 37.3 Å². The first kappa shape index (κ1) is 24.1. The number of aromatic amines is 1. The van der Waals surface area contributed by atoms with Gasteiger partial charge in [0.05, 0.1) is 23.3 Å². The molecule has 4 rings (SSSR count). The van der Waals surface area contributed by atoms with Crippen LogP contribution in [0.2, 0.25) is 0 Å². The van der Waals surface area contributed by atoms with E-state index in [2.05, 4.69) is 34.3 Å². The first-order chi connectivity index (χ1) is 16.1. The summed E-state index contributed by atoms with van der Waals surface area (Å²) in [6.45, 7) is 11.8. The van der Waals surface area contributed by atoms with E-state index >= 15 is 0 Å². The van der Waals surface area contributed by atoms with Crippen molar-refractivity contribution in [3.63, 3.8) is 0 Å². The van der Waals surface area contributed by atoms with Crippen molar-refractivity contribution in [3.05, 3.63) is 46.7 Å². The van der Waals surface area contributed by atoms with Crippen LogP contribution >= 0.6 is 0 Å². The van der Waals surface area contributed by atoms with E-state index in [1.54, 1.807) is 4.90 Å². The SMILES string of the molecule is CCCCN1CCN(C(=O)N2Cc3c(NC(=O)c4ccc(F)cc4F)n[nH]c3C2(C)C)[C@@H](C)C1. The smallest absolute Gasteiger partial charge is 0.319 e. The number of anilines is 1. The Kier molecular flexibility index (Phi) is 6.62. The molecule has 184 valence electrons. The largest absolute Gasteiger partial charge is 0.321 e. The molecule has 10 heteroatoms. The highest BCUT2D eigenvalue weighted by molar-refractivity contribution is 6.04. The molecule has 1 saturated heterocycles. The average molecular weight is 475 g/mol. The van der Waals surface area contributed by atoms with E-state index < -0.39 is 23.1 Å². The molecule has 1 aromatic carbocycles. The zero-order chi connectivity index (χ0) is 24.6. The van der Waals surface area contributed by atoms with Gasteiger partial charge in [-0.3, -0.25) is 14.8 Å². The van der Waals surface area contributed by atoms with Gasteiger partial charge < -0.3 is 15.1 Å². The minimum atomic E-state index is -0.950. The molecule has 0 unspecified atom stereocenters. The summed E-state index contributed by atoms with van der Waals surface area (Å²) in [5.74, 6) is -2.20. The van der Waals surface area contributed by atoms with Crippen LogP contribution in [-0.4, -0.2) is 69.1 Å². The van der Waals surface area contributed by atoms with Crippen LogP contribution in [0.25, 0.3) is 0 Å². The number of nitrogens with zero attached hydrogens (tertiary/aromatic N) is 4. The Morgan fingerprint density at radius 2 is 2.03 bits per heavy atom. The number of H-pyrrole nitrogens is 1. The number of rotatable bonds is 5. The number of carbonyl (C=O) groups is 2. The third-order valence-electron chi connectivity index (χ3n) is 6.89. The minimum Gasteiger partial charge on any atom is -0.319 e. The molecular weight excluding hydrogens is 442 g/mol. The molecule has 3 amide bonds. The summed E-state index contributed by atoms with van der Waals surface area (Å²) in [6.07, 6.45) is 2.30. The van der Waals surface area contributed by atoms with E-state index in [1.165, 1.54) is 0 Å². The maximum Gasteiger partial charge on any atom is 0.321 e. The van der Waals surface area contributed by atoms with Gasteiger partial charge in [0.1, 0.15) is 11.6 Å². The maximum absolute atomic E-state index is 14.0. The second kappa shape index (κ2) is 9.32. The van der Waals surface area contributed by atoms with Gasteiger partial charge in [-0.15, -0.1) is 0 Å². The Balaban J connectivity index is 1.48. The van der Waals surface area contributed by atoms with Crippen LogP contribution in [0.3, 0.4) is 0 Å². The van der Waals surface area contributed by atoms with E-state index in [0.29, 0.717) is 18.2 Å². The summed E-state index contributed by atoms with van der Waals surface area (Å²) in [7, 11) is 0. The van der Waals surface area contributed by atoms with Gasteiger partial charge in [-0.1, -0.05) is 13.3 Å². The van der Waals surface area contributed by atoms with Gasteiger partial charge in [-0.25, -0.2) is 13.6 Å². The number of halogens is 2. The summed E-state index contributed by atoms with van der Waals surface area (Å²) in [6, 6.07) is 2.82. The van der Waals surface area contributed by atoms with Crippen LogP contribution in [0, 0.1) is 11.6 Å². The van der Waals surface area contributed by atoms with E-state index in [4.69, 9.17) is 0 Å².